The van der Waals surface area contributed by atoms with E-state index in [1.165, 1.54) is 24.0 Å². The normalized spacial score (nSPS) is 14.9. The molecule has 3 rings (SSSR count). The molecule has 1 saturated carbocycles. The second-order valence-electron chi connectivity index (χ2n) is 6.00. The van der Waals surface area contributed by atoms with Gasteiger partial charge in [-0.3, -0.25) is 0 Å². The smallest absolute Gasteiger partial charge is 0.107 e. The standard InChI is InChI=1S/C17H23N3/c1-12(2)13-3-5-14(6-4-13)16-11-19-17(20-16)9-10-18-15-7-8-15/h3-6,11-12,15,18H,7-10H2,1-2H3,(H,19,20). The minimum atomic E-state index is 0.579. The second kappa shape index (κ2) is 5.80. The van der Waals surface area contributed by atoms with Crippen LogP contribution in [0.4, 0.5) is 0 Å². The summed E-state index contributed by atoms with van der Waals surface area (Å²) in [5, 5.41) is 3.51. The molecule has 1 aliphatic rings. The first kappa shape index (κ1) is 13.4. The number of hydrogen-bond donors (Lipinski definition) is 2. The number of imidazole rings is 1. The fraction of sp³-hybridized carbons (Fsp3) is 0.471. The number of aromatic nitrogens is 2. The van der Waals surface area contributed by atoms with Crippen LogP contribution in [0.1, 0.15) is 44.0 Å². The topological polar surface area (TPSA) is 40.7 Å². The van der Waals surface area contributed by atoms with E-state index < -0.39 is 0 Å². The van der Waals surface area contributed by atoms with Crippen LogP contribution in [0.15, 0.2) is 30.5 Å². The fourth-order valence-corrected chi connectivity index (χ4v) is 2.37. The number of hydrogen-bond acceptors (Lipinski definition) is 2. The molecule has 1 heterocycles. The van der Waals surface area contributed by atoms with Crippen molar-refractivity contribution in [1.82, 2.24) is 15.3 Å². The number of nitrogens with one attached hydrogen (secondary N) is 2. The maximum atomic E-state index is 4.47. The Balaban J connectivity index is 1.62. The van der Waals surface area contributed by atoms with Crippen molar-refractivity contribution in [2.75, 3.05) is 6.54 Å². The van der Waals surface area contributed by atoms with Gasteiger partial charge in [-0.25, -0.2) is 4.98 Å². The fourth-order valence-electron chi connectivity index (χ4n) is 2.37. The zero-order valence-corrected chi connectivity index (χ0v) is 12.3. The summed E-state index contributed by atoms with van der Waals surface area (Å²) >= 11 is 0. The summed E-state index contributed by atoms with van der Waals surface area (Å²) in [4.78, 5) is 7.89. The van der Waals surface area contributed by atoms with Gasteiger partial charge in [0.2, 0.25) is 0 Å². The van der Waals surface area contributed by atoms with Crippen molar-refractivity contribution in [1.29, 1.82) is 0 Å². The van der Waals surface area contributed by atoms with Crippen molar-refractivity contribution in [3.05, 3.63) is 41.9 Å². The van der Waals surface area contributed by atoms with Gasteiger partial charge >= 0.3 is 0 Å². The Morgan fingerprint density at radius 3 is 2.65 bits per heavy atom. The first-order valence-electron chi connectivity index (χ1n) is 7.60. The van der Waals surface area contributed by atoms with Crippen LogP contribution in [-0.2, 0) is 6.42 Å². The zero-order chi connectivity index (χ0) is 13.9. The molecule has 0 radical (unpaired) electrons. The summed E-state index contributed by atoms with van der Waals surface area (Å²) in [5.41, 5.74) is 3.70. The molecular weight excluding hydrogens is 246 g/mol. The summed E-state index contributed by atoms with van der Waals surface area (Å²) < 4.78 is 0. The van der Waals surface area contributed by atoms with Crippen molar-refractivity contribution in [3.63, 3.8) is 0 Å². The Morgan fingerprint density at radius 1 is 1.25 bits per heavy atom. The van der Waals surface area contributed by atoms with Gasteiger partial charge in [-0.1, -0.05) is 38.1 Å². The molecular formula is C17H23N3. The first-order valence-corrected chi connectivity index (χ1v) is 7.60. The van der Waals surface area contributed by atoms with Crippen LogP contribution in [0.3, 0.4) is 0 Å². The number of H-pyrrole nitrogens is 1. The lowest BCUT2D eigenvalue weighted by Gasteiger charge is -2.05. The summed E-state index contributed by atoms with van der Waals surface area (Å²) in [6, 6.07) is 9.53. The Labute approximate surface area is 120 Å². The van der Waals surface area contributed by atoms with E-state index in [1.807, 2.05) is 6.20 Å². The predicted molar refractivity (Wildman–Crippen MR) is 82.8 cm³/mol. The van der Waals surface area contributed by atoms with Crippen LogP contribution in [0.2, 0.25) is 0 Å². The Kier molecular flexibility index (Phi) is 3.88. The number of nitrogens with zero attached hydrogens (tertiary/aromatic N) is 1. The third kappa shape index (κ3) is 3.28. The van der Waals surface area contributed by atoms with Crippen molar-refractivity contribution < 1.29 is 0 Å². The van der Waals surface area contributed by atoms with E-state index >= 15 is 0 Å². The molecule has 0 spiro atoms. The van der Waals surface area contributed by atoms with Crippen molar-refractivity contribution in [2.45, 2.75) is 45.1 Å². The number of aromatic amines is 1. The molecule has 20 heavy (non-hydrogen) atoms. The van der Waals surface area contributed by atoms with Gasteiger partial charge in [0.05, 0.1) is 11.9 Å². The molecule has 1 aliphatic carbocycles. The SMILES string of the molecule is CC(C)c1ccc(-c2cnc(CCNC3CC3)[nH]2)cc1. The molecule has 0 saturated heterocycles. The summed E-state index contributed by atoms with van der Waals surface area (Å²) in [6.07, 6.45) is 5.59. The maximum Gasteiger partial charge on any atom is 0.107 e. The van der Waals surface area contributed by atoms with Gasteiger partial charge < -0.3 is 10.3 Å². The quantitative estimate of drug-likeness (QED) is 0.842. The minimum Gasteiger partial charge on any atom is -0.342 e. The third-order valence-electron chi connectivity index (χ3n) is 3.89. The van der Waals surface area contributed by atoms with E-state index in [9.17, 15) is 0 Å². The van der Waals surface area contributed by atoms with Crippen LogP contribution in [0.25, 0.3) is 11.3 Å². The highest BCUT2D eigenvalue weighted by Gasteiger charge is 2.19. The molecule has 3 heteroatoms. The van der Waals surface area contributed by atoms with Crippen molar-refractivity contribution >= 4 is 0 Å². The molecule has 0 unspecified atom stereocenters. The van der Waals surface area contributed by atoms with Gasteiger partial charge in [0.25, 0.3) is 0 Å². The minimum absolute atomic E-state index is 0.579. The first-order chi connectivity index (χ1) is 9.72. The number of benzene rings is 1. The molecule has 0 aliphatic heterocycles. The van der Waals surface area contributed by atoms with Gasteiger partial charge in [-0.15, -0.1) is 0 Å². The summed E-state index contributed by atoms with van der Waals surface area (Å²) in [6.45, 7) is 5.45. The van der Waals surface area contributed by atoms with Crippen LogP contribution >= 0.6 is 0 Å². The van der Waals surface area contributed by atoms with E-state index in [1.54, 1.807) is 0 Å². The third-order valence-corrected chi connectivity index (χ3v) is 3.89. The lowest BCUT2D eigenvalue weighted by molar-refractivity contribution is 0.669. The molecule has 106 valence electrons. The van der Waals surface area contributed by atoms with Crippen LogP contribution in [0, 0.1) is 0 Å². The summed E-state index contributed by atoms with van der Waals surface area (Å²) in [5.74, 6) is 1.65. The Bertz CT molecular complexity index is 550. The Morgan fingerprint density at radius 2 is 2.00 bits per heavy atom. The van der Waals surface area contributed by atoms with Gasteiger partial charge in [0.1, 0.15) is 5.82 Å². The zero-order valence-electron chi connectivity index (χ0n) is 12.3. The maximum absolute atomic E-state index is 4.47. The molecule has 1 aromatic carbocycles. The highest BCUT2D eigenvalue weighted by molar-refractivity contribution is 5.58. The second-order valence-corrected chi connectivity index (χ2v) is 6.00. The van der Waals surface area contributed by atoms with Crippen LogP contribution < -0.4 is 5.32 Å². The van der Waals surface area contributed by atoms with E-state index in [-0.39, 0.29) is 0 Å². The predicted octanol–water partition coefficient (Wildman–Crippen LogP) is 3.49. The lowest BCUT2D eigenvalue weighted by Crippen LogP contribution is -2.19. The molecule has 3 nitrogen and oxygen atoms in total. The van der Waals surface area contributed by atoms with E-state index in [0.29, 0.717) is 5.92 Å². The highest BCUT2D eigenvalue weighted by atomic mass is 15.0. The molecule has 2 N–H and O–H groups in total. The van der Waals surface area contributed by atoms with Gasteiger partial charge in [0.15, 0.2) is 0 Å². The van der Waals surface area contributed by atoms with Gasteiger partial charge in [-0.05, 0) is 29.9 Å². The van der Waals surface area contributed by atoms with E-state index in [2.05, 4.69) is 53.4 Å². The van der Waals surface area contributed by atoms with E-state index in [0.717, 1.165) is 30.5 Å². The van der Waals surface area contributed by atoms with E-state index in [4.69, 9.17) is 0 Å². The number of rotatable bonds is 6. The van der Waals surface area contributed by atoms with Gasteiger partial charge in [0, 0.05) is 19.0 Å². The van der Waals surface area contributed by atoms with Gasteiger partial charge in [-0.2, -0.15) is 0 Å². The lowest BCUT2D eigenvalue weighted by atomic mass is 10.0. The molecule has 2 aromatic rings. The highest BCUT2D eigenvalue weighted by Crippen LogP contribution is 2.21. The molecule has 0 amide bonds. The van der Waals surface area contributed by atoms with Crippen LogP contribution in [0.5, 0.6) is 0 Å². The average molecular weight is 269 g/mol. The Hall–Kier alpha value is -1.61. The largest absolute Gasteiger partial charge is 0.342 e. The molecule has 0 bridgehead atoms. The molecule has 1 fully saturated rings. The monoisotopic (exact) mass is 269 g/mol. The van der Waals surface area contributed by atoms with Crippen molar-refractivity contribution in [2.24, 2.45) is 0 Å². The average Bonchev–Trinajstić information content (AvgIpc) is 3.15. The molecule has 1 aromatic heterocycles. The summed E-state index contributed by atoms with van der Waals surface area (Å²) in [7, 11) is 0. The van der Waals surface area contributed by atoms with Crippen LogP contribution in [-0.4, -0.2) is 22.6 Å². The molecule has 0 atom stereocenters. The van der Waals surface area contributed by atoms with Crippen molar-refractivity contribution in [3.8, 4) is 11.3 Å².